The van der Waals surface area contributed by atoms with Gasteiger partial charge in [-0.1, -0.05) is 32.6 Å². The quantitative estimate of drug-likeness (QED) is 0.799. The fourth-order valence-corrected chi connectivity index (χ4v) is 2.74. The Labute approximate surface area is 122 Å². The maximum atomic E-state index is 5.56. The maximum Gasteiger partial charge on any atom is 0.218 e. The normalized spacial score (nSPS) is 16.7. The molecule has 0 bridgehead atoms. The van der Waals surface area contributed by atoms with Gasteiger partial charge in [0.25, 0.3) is 0 Å². The first kappa shape index (κ1) is 15.1. The van der Waals surface area contributed by atoms with Crippen LogP contribution in [-0.2, 0) is 6.42 Å². The van der Waals surface area contributed by atoms with Gasteiger partial charge in [-0.3, -0.25) is 0 Å². The molecule has 20 heavy (non-hydrogen) atoms. The lowest BCUT2D eigenvalue weighted by molar-refractivity contribution is 0.325. The molecule has 0 aromatic carbocycles. The lowest BCUT2D eigenvalue weighted by atomic mass is 10.1. The number of nitrogens with one attached hydrogen (secondary N) is 1. The van der Waals surface area contributed by atoms with Crippen LogP contribution in [0.1, 0.15) is 64.6 Å². The molecule has 4 heteroatoms. The van der Waals surface area contributed by atoms with Gasteiger partial charge in [-0.05, 0) is 26.2 Å². The zero-order valence-electron chi connectivity index (χ0n) is 12.8. The zero-order chi connectivity index (χ0) is 14.2. The zero-order valence-corrected chi connectivity index (χ0v) is 12.8. The molecule has 0 aliphatic heterocycles. The van der Waals surface area contributed by atoms with Gasteiger partial charge < -0.3 is 10.1 Å². The van der Waals surface area contributed by atoms with E-state index < -0.39 is 0 Å². The average Bonchev–Trinajstić information content (AvgIpc) is 2.68. The van der Waals surface area contributed by atoms with Crippen LogP contribution in [0.25, 0.3) is 0 Å². The second-order valence-corrected chi connectivity index (χ2v) is 5.52. The van der Waals surface area contributed by atoms with Gasteiger partial charge in [-0.15, -0.1) is 0 Å². The van der Waals surface area contributed by atoms with Crippen molar-refractivity contribution in [3.8, 4) is 5.88 Å². The van der Waals surface area contributed by atoms with Crippen LogP contribution in [0.5, 0.6) is 5.88 Å². The Morgan fingerprint density at radius 1 is 1.15 bits per heavy atom. The predicted octanol–water partition coefficient (Wildman–Crippen LogP) is 3.96. The Kier molecular flexibility index (Phi) is 6.09. The van der Waals surface area contributed by atoms with Crippen molar-refractivity contribution in [3.63, 3.8) is 0 Å². The van der Waals surface area contributed by atoms with Gasteiger partial charge in [-0.2, -0.15) is 4.98 Å². The molecule has 0 amide bonds. The summed E-state index contributed by atoms with van der Waals surface area (Å²) in [5, 5.41) is 3.59. The molecule has 1 aromatic heterocycles. The molecule has 0 radical (unpaired) electrons. The minimum Gasteiger partial charge on any atom is -0.478 e. The van der Waals surface area contributed by atoms with E-state index >= 15 is 0 Å². The van der Waals surface area contributed by atoms with E-state index in [0.29, 0.717) is 18.5 Å². The summed E-state index contributed by atoms with van der Waals surface area (Å²) in [6.45, 7) is 4.78. The van der Waals surface area contributed by atoms with E-state index in [0.717, 1.165) is 24.5 Å². The molecule has 1 aromatic rings. The van der Waals surface area contributed by atoms with Crippen molar-refractivity contribution in [2.75, 3.05) is 11.9 Å². The third-order valence-electron chi connectivity index (χ3n) is 3.72. The molecule has 1 fully saturated rings. The van der Waals surface area contributed by atoms with Crippen LogP contribution in [0.4, 0.5) is 5.82 Å². The summed E-state index contributed by atoms with van der Waals surface area (Å²) in [5.41, 5.74) is 0. The second-order valence-electron chi connectivity index (χ2n) is 5.52. The van der Waals surface area contributed by atoms with Gasteiger partial charge >= 0.3 is 0 Å². The first-order valence-corrected chi connectivity index (χ1v) is 8.09. The van der Waals surface area contributed by atoms with Crippen molar-refractivity contribution in [2.24, 2.45) is 0 Å². The molecule has 1 N–H and O–H groups in total. The molecule has 4 nitrogen and oxygen atoms in total. The molecular formula is C16H27N3O. The standard InChI is InChI=1S/C16H27N3O/c1-3-9-14-18-15(12-16(19-14)20-4-2)17-13-10-7-5-6-8-11-13/h12-13H,3-11H2,1-2H3,(H,17,18,19). The topological polar surface area (TPSA) is 47.0 Å². The first-order chi connectivity index (χ1) is 9.81. The van der Waals surface area contributed by atoms with E-state index in [9.17, 15) is 0 Å². The number of anilines is 1. The number of aromatic nitrogens is 2. The molecule has 0 saturated heterocycles. The minimum absolute atomic E-state index is 0.552. The van der Waals surface area contributed by atoms with Crippen LogP contribution in [0, 0.1) is 0 Å². The number of nitrogens with zero attached hydrogens (tertiary/aromatic N) is 2. The molecule has 0 spiro atoms. The Hall–Kier alpha value is -1.32. The lowest BCUT2D eigenvalue weighted by Gasteiger charge is -2.18. The Bertz CT molecular complexity index is 376. The van der Waals surface area contributed by atoms with Crippen molar-refractivity contribution in [1.29, 1.82) is 0 Å². The smallest absolute Gasteiger partial charge is 0.218 e. The van der Waals surface area contributed by atoms with E-state index in [1.165, 1.54) is 38.5 Å². The summed E-state index contributed by atoms with van der Waals surface area (Å²) in [6.07, 6.45) is 9.83. The first-order valence-electron chi connectivity index (χ1n) is 8.09. The summed E-state index contributed by atoms with van der Waals surface area (Å²) < 4.78 is 5.56. The average molecular weight is 277 g/mol. The monoisotopic (exact) mass is 277 g/mol. The van der Waals surface area contributed by atoms with Gasteiger partial charge in [0.2, 0.25) is 5.88 Å². The predicted molar refractivity (Wildman–Crippen MR) is 82.3 cm³/mol. The summed E-state index contributed by atoms with van der Waals surface area (Å²) >= 11 is 0. The van der Waals surface area contributed by atoms with Crippen LogP contribution < -0.4 is 10.1 Å². The van der Waals surface area contributed by atoms with Crippen molar-refractivity contribution in [3.05, 3.63) is 11.9 Å². The highest BCUT2D eigenvalue weighted by Crippen LogP contribution is 2.22. The van der Waals surface area contributed by atoms with Crippen molar-refractivity contribution < 1.29 is 4.74 Å². The number of aryl methyl sites for hydroxylation is 1. The summed E-state index contributed by atoms with van der Waals surface area (Å²) in [7, 11) is 0. The van der Waals surface area contributed by atoms with Crippen molar-refractivity contribution in [2.45, 2.75) is 71.3 Å². The molecule has 1 saturated carbocycles. The van der Waals surface area contributed by atoms with Crippen LogP contribution in [0.15, 0.2) is 6.07 Å². The van der Waals surface area contributed by atoms with E-state index in [2.05, 4.69) is 22.2 Å². The van der Waals surface area contributed by atoms with E-state index in [4.69, 9.17) is 4.74 Å². The van der Waals surface area contributed by atoms with Gasteiger partial charge in [0.05, 0.1) is 6.61 Å². The molecule has 112 valence electrons. The van der Waals surface area contributed by atoms with Gasteiger partial charge in [-0.25, -0.2) is 4.98 Å². The Morgan fingerprint density at radius 3 is 2.55 bits per heavy atom. The third-order valence-corrected chi connectivity index (χ3v) is 3.72. The van der Waals surface area contributed by atoms with Crippen molar-refractivity contribution in [1.82, 2.24) is 9.97 Å². The highest BCUT2D eigenvalue weighted by molar-refractivity contribution is 5.39. The largest absolute Gasteiger partial charge is 0.478 e. The van der Waals surface area contributed by atoms with Gasteiger partial charge in [0.1, 0.15) is 11.6 Å². The molecule has 1 heterocycles. The lowest BCUT2D eigenvalue weighted by Crippen LogP contribution is -2.19. The number of ether oxygens (including phenoxy) is 1. The number of hydrogen-bond acceptors (Lipinski definition) is 4. The van der Waals surface area contributed by atoms with Crippen LogP contribution in [0.2, 0.25) is 0 Å². The highest BCUT2D eigenvalue weighted by Gasteiger charge is 2.14. The fourth-order valence-electron chi connectivity index (χ4n) is 2.74. The molecule has 2 rings (SSSR count). The summed E-state index contributed by atoms with van der Waals surface area (Å²) in [4.78, 5) is 9.08. The maximum absolute atomic E-state index is 5.56. The molecule has 1 aliphatic rings. The van der Waals surface area contributed by atoms with E-state index in [1.54, 1.807) is 0 Å². The van der Waals surface area contributed by atoms with Crippen LogP contribution in [0.3, 0.4) is 0 Å². The summed E-state index contributed by atoms with van der Waals surface area (Å²) in [6, 6.07) is 2.49. The fraction of sp³-hybridized carbons (Fsp3) is 0.750. The van der Waals surface area contributed by atoms with Crippen LogP contribution >= 0.6 is 0 Å². The van der Waals surface area contributed by atoms with Crippen molar-refractivity contribution >= 4 is 5.82 Å². The molecule has 0 atom stereocenters. The Morgan fingerprint density at radius 2 is 1.90 bits per heavy atom. The number of hydrogen-bond donors (Lipinski definition) is 1. The van der Waals surface area contributed by atoms with E-state index in [1.807, 2.05) is 13.0 Å². The Balaban J connectivity index is 2.07. The SMILES string of the molecule is CCCc1nc(NC2CCCCCC2)cc(OCC)n1. The van der Waals surface area contributed by atoms with Gasteiger partial charge in [0, 0.05) is 18.5 Å². The number of rotatable bonds is 6. The second kappa shape index (κ2) is 8.08. The molecule has 0 unspecified atom stereocenters. The molecule has 1 aliphatic carbocycles. The van der Waals surface area contributed by atoms with E-state index in [-0.39, 0.29) is 0 Å². The third kappa shape index (κ3) is 4.66. The highest BCUT2D eigenvalue weighted by atomic mass is 16.5. The van der Waals surface area contributed by atoms with Crippen LogP contribution in [-0.4, -0.2) is 22.6 Å². The minimum atomic E-state index is 0.552. The summed E-state index contributed by atoms with van der Waals surface area (Å²) in [5.74, 6) is 2.51. The van der Waals surface area contributed by atoms with Gasteiger partial charge in [0.15, 0.2) is 0 Å². The molecular weight excluding hydrogens is 250 g/mol.